The van der Waals surface area contributed by atoms with Crippen LogP contribution in [-0.2, 0) is 0 Å². The van der Waals surface area contributed by atoms with E-state index in [4.69, 9.17) is 58.0 Å². The van der Waals surface area contributed by atoms with Crippen molar-refractivity contribution in [2.24, 2.45) is 0 Å². The molecule has 2 aromatic rings. The molecule has 0 aliphatic heterocycles. The van der Waals surface area contributed by atoms with Crippen molar-refractivity contribution in [1.82, 2.24) is 4.57 Å². The molecule has 2 nitrogen and oxygen atoms in total. The van der Waals surface area contributed by atoms with E-state index in [2.05, 4.69) is 15.9 Å². The number of rotatable bonds is 3. The predicted molar refractivity (Wildman–Crippen MR) is 94.6 cm³/mol. The van der Waals surface area contributed by atoms with Gasteiger partial charge in [-0.05, 0) is 39.8 Å². The van der Waals surface area contributed by atoms with Gasteiger partial charge in [0, 0.05) is 11.2 Å². The molecule has 1 aromatic heterocycles. The highest BCUT2D eigenvalue weighted by molar-refractivity contribution is 9.10. The van der Waals surface area contributed by atoms with Gasteiger partial charge < -0.3 is 4.57 Å². The van der Waals surface area contributed by atoms with Crippen LogP contribution in [-0.4, -0.2) is 8.49 Å². The lowest BCUT2D eigenvalue weighted by atomic mass is 10.3. The van der Waals surface area contributed by atoms with Gasteiger partial charge in [-0.2, -0.15) is 9.65 Å². The lowest BCUT2D eigenvalue weighted by molar-refractivity contribution is 0.515. The largest absolute Gasteiger partial charge is 0.309 e. The second-order valence-corrected chi connectivity index (χ2v) is 8.77. The molecule has 116 valence electrons. The number of aromatic nitrogens is 1. The molecule has 0 amide bonds. The molecular weight excluding hydrogens is 480 g/mol. The summed E-state index contributed by atoms with van der Waals surface area (Å²) >= 11 is 32.6. The first kappa shape index (κ1) is 18.5. The fourth-order valence-electron chi connectivity index (χ4n) is 1.68. The van der Waals surface area contributed by atoms with Crippen molar-refractivity contribution in [2.45, 2.75) is 8.81 Å². The SMILES string of the molecule is N#Cc1cn(-c2c(Cl)cc(Cl)cc2Cl)c(Br)c1SC(F)(Cl)Cl. The minimum absolute atomic E-state index is 0.155. The van der Waals surface area contributed by atoms with Gasteiger partial charge in [-0.3, -0.25) is 0 Å². The van der Waals surface area contributed by atoms with Crippen LogP contribution in [0.4, 0.5) is 4.39 Å². The van der Waals surface area contributed by atoms with Crippen molar-refractivity contribution in [2.75, 3.05) is 0 Å². The molecule has 1 heterocycles. The summed E-state index contributed by atoms with van der Waals surface area (Å²) in [7, 11) is 0. The van der Waals surface area contributed by atoms with Gasteiger partial charge >= 0.3 is 3.92 Å². The molecule has 1 aromatic carbocycles. The van der Waals surface area contributed by atoms with Crippen LogP contribution in [0.15, 0.2) is 27.8 Å². The molecule has 0 aliphatic carbocycles. The Morgan fingerprint density at radius 2 is 1.77 bits per heavy atom. The monoisotopic (exact) mass is 480 g/mol. The van der Waals surface area contributed by atoms with Crippen LogP contribution in [0.3, 0.4) is 0 Å². The van der Waals surface area contributed by atoms with E-state index in [1.807, 2.05) is 6.07 Å². The minimum atomic E-state index is -2.59. The molecule has 0 radical (unpaired) electrons. The van der Waals surface area contributed by atoms with Gasteiger partial charge in [-0.1, -0.05) is 58.0 Å². The van der Waals surface area contributed by atoms with Crippen LogP contribution >= 0.6 is 85.7 Å². The Bertz CT molecular complexity index is 758. The molecule has 0 fully saturated rings. The number of hydrogen-bond acceptors (Lipinski definition) is 2. The van der Waals surface area contributed by atoms with Gasteiger partial charge in [0.1, 0.15) is 10.7 Å². The average molecular weight is 483 g/mol. The molecule has 0 aliphatic rings. The van der Waals surface area contributed by atoms with Gasteiger partial charge in [0.05, 0.1) is 26.2 Å². The number of halogens is 7. The fraction of sp³-hybridized carbons (Fsp3) is 0.0833. The second-order valence-electron chi connectivity index (χ2n) is 3.91. The zero-order valence-electron chi connectivity index (χ0n) is 10.2. The van der Waals surface area contributed by atoms with Crippen molar-refractivity contribution in [3.05, 3.63) is 43.6 Å². The molecule has 0 spiro atoms. The van der Waals surface area contributed by atoms with E-state index in [9.17, 15) is 9.65 Å². The molecule has 22 heavy (non-hydrogen) atoms. The van der Waals surface area contributed by atoms with Gasteiger partial charge in [-0.15, -0.1) is 0 Å². The maximum atomic E-state index is 13.5. The first-order valence-electron chi connectivity index (χ1n) is 5.35. The Hall–Kier alpha value is 0.200. The zero-order valence-corrected chi connectivity index (χ0v) is 16.4. The van der Waals surface area contributed by atoms with Crippen molar-refractivity contribution in [3.8, 4) is 11.8 Å². The van der Waals surface area contributed by atoms with Crippen molar-refractivity contribution in [3.63, 3.8) is 0 Å². The Kier molecular flexibility index (Phi) is 5.88. The maximum absolute atomic E-state index is 13.5. The summed E-state index contributed by atoms with van der Waals surface area (Å²) in [6.45, 7) is 0. The summed E-state index contributed by atoms with van der Waals surface area (Å²) in [6, 6.07) is 4.93. The third-order valence-electron chi connectivity index (χ3n) is 2.46. The van der Waals surface area contributed by atoms with E-state index in [0.717, 1.165) is 0 Å². The Balaban J connectivity index is 2.67. The number of alkyl halides is 3. The number of hydrogen-bond donors (Lipinski definition) is 0. The van der Waals surface area contributed by atoms with Crippen LogP contribution < -0.4 is 0 Å². The molecular formula is C12H3BrCl5FN2S. The molecule has 0 saturated heterocycles. The van der Waals surface area contributed by atoms with Gasteiger partial charge in [0.2, 0.25) is 0 Å². The topological polar surface area (TPSA) is 28.7 Å². The first-order chi connectivity index (χ1) is 10.1. The fourth-order valence-corrected chi connectivity index (χ4v) is 4.51. The molecule has 0 bridgehead atoms. The standard InChI is InChI=1S/C12H3BrCl5FN2S/c13-11-10(22-12(17,18)19)5(3-20)4-21(11)9-7(15)1-6(14)2-8(9)16/h1-2,4H. The van der Waals surface area contributed by atoms with Gasteiger partial charge in [0.15, 0.2) is 0 Å². The van der Waals surface area contributed by atoms with Gasteiger partial charge in [0.25, 0.3) is 0 Å². The summed E-state index contributed by atoms with van der Waals surface area (Å²) < 4.78 is 12.7. The first-order valence-corrected chi connectivity index (χ1v) is 8.85. The number of thioether (sulfide) groups is 1. The summed E-state index contributed by atoms with van der Waals surface area (Å²) in [6.07, 6.45) is 1.44. The number of nitrogens with zero attached hydrogens (tertiary/aromatic N) is 2. The molecule has 0 N–H and O–H groups in total. The highest BCUT2D eigenvalue weighted by atomic mass is 79.9. The predicted octanol–water partition coefficient (Wildman–Crippen LogP) is 7.22. The van der Waals surface area contributed by atoms with Crippen molar-refractivity contribution < 1.29 is 4.39 Å². The summed E-state index contributed by atoms with van der Waals surface area (Å²) in [5.41, 5.74) is 0.541. The third kappa shape index (κ3) is 3.99. The summed E-state index contributed by atoms with van der Waals surface area (Å²) in [4.78, 5) is 0.220. The molecule has 2 rings (SSSR count). The van der Waals surface area contributed by atoms with Crippen molar-refractivity contribution in [1.29, 1.82) is 5.26 Å². The highest BCUT2D eigenvalue weighted by Gasteiger charge is 2.29. The summed E-state index contributed by atoms with van der Waals surface area (Å²) in [5.74, 6) is 0. The van der Waals surface area contributed by atoms with E-state index in [0.29, 0.717) is 27.1 Å². The Morgan fingerprint density at radius 1 is 1.23 bits per heavy atom. The molecule has 0 saturated carbocycles. The quantitative estimate of drug-likeness (QED) is 0.341. The lowest BCUT2D eigenvalue weighted by Gasteiger charge is -2.12. The van der Waals surface area contributed by atoms with E-state index in [1.165, 1.54) is 22.9 Å². The minimum Gasteiger partial charge on any atom is -0.306 e. The highest BCUT2D eigenvalue weighted by Crippen LogP contribution is 2.47. The molecule has 10 heteroatoms. The molecule has 0 atom stereocenters. The maximum Gasteiger partial charge on any atom is 0.309 e. The smallest absolute Gasteiger partial charge is 0.306 e. The van der Waals surface area contributed by atoms with E-state index < -0.39 is 3.92 Å². The summed E-state index contributed by atoms with van der Waals surface area (Å²) in [5, 5.41) is 10.1. The van der Waals surface area contributed by atoms with Crippen molar-refractivity contribution >= 4 is 85.7 Å². The average Bonchev–Trinajstić information content (AvgIpc) is 2.64. The Labute approximate surface area is 163 Å². The lowest BCUT2D eigenvalue weighted by Crippen LogP contribution is -1.98. The van der Waals surface area contributed by atoms with E-state index in [1.54, 1.807) is 0 Å². The van der Waals surface area contributed by atoms with E-state index in [-0.39, 0.29) is 20.5 Å². The Morgan fingerprint density at radius 3 is 2.23 bits per heavy atom. The van der Waals surface area contributed by atoms with Gasteiger partial charge in [-0.25, -0.2) is 0 Å². The van der Waals surface area contributed by atoms with Crippen LogP contribution in [0.1, 0.15) is 5.56 Å². The number of nitriles is 1. The van der Waals surface area contributed by atoms with E-state index >= 15 is 0 Å². The second kappa shape index (κ2) is 6.98. The third-order valence-corrected chi connectivity index (χ3v) is 5.61. The van der Waals surface area contributed by atoms with Crippen LogP contribution in [0.5, 0.6) is 0 Å². The van der Waals surface area contributed by atoms with Crippen LogP contribution in [0.25, 0.3) is 5.69 Å². The normalized spacial score (nSPS) is 11.5. The zero-order chi connectivity index (χ0) is 16.7. The van der Waals surface area contributed by atoms with Crippen LogP contribution in [0, 0.1) is 11.3 Å². The van der Waals surface area contributed by atoms with Crippen LogP contribution in [0.2, 0.25) is 15.1 Å². The molecule has 0 unspecified atom stereocenters. The number of benzene rings is 1.